The molecule has 0 fully saturated rings. The second kappa shape index (κ2) is 8.26. The summed E-state index contributed by atoms with van der Waals surface area (Å²) in [7, 11) is 0. The summed E-state index contributed by atoms with van der Waals surface area (Å²) in [6, 6.07) is 16.8. The Bertz CT molecular complexity index is 1130. The molecule has 4 rings (SSSR count). The molecule has 4 aromatic rings. The third-order valence-electron chi connectivity index (χ3n) is 4.16. The average molecular weight is 487 g/mol. The predicted octanol–water partition coefficient (Wildman–Crippen LogP) is -0.773. The fraction of sp³-hybridized carbons (Fsp3) is 0.0500. The second-order valence-corrected chi connectivity index (χ2v) is 6.11. The summed E-state index contributed by atoms with van der Waals surface area (Å²) in [4.78, 5) is 15.9. The van der Waals surface area contributed by atoms with Gasteiger partial charge in [-0.05, 0) is 24.3 Å². The lowest BCUT2D eigenvalue weighted by Crippen LogP contribution is -3.00. The number of hydrogen-bond acceptors (Lipinski definition) is 4. The maximum absolute atomic E-state index is 11.2. The largest absolute Gasteiger partial charge is 1.00 e. The number of halogens is 1. The van der Waals surface area contributed by atoms with Crippen LogP contribution >= 0.6 is 0 Å². The molecule has 0 aliphatic carbocycles. The Hall–Kier alpha value is -3.14. The topological polar surface area (TPSA) is 96.5 Å². The summed E-state index contributed by atoms with van der Waals surface area (Å²) in [5.74, 6) is 0.422. The van der Waals surface area contributed by atoms with Crippen molar-refractivity contribution in [1.82, 2.24) is 9.38 Å². The van der Waals surface area contributed by atoms with E-state index in [9.17, 15) is 9.90 Å². The number of hydrogen-bond donors (Lipinski definition) is 3. The summed E-state index contributed by atoms with van der Waals surface area (Å²) in [5, 5.41) is 13.7. The predicted molar refractivity (Wildman–Crippen MR) is 101 cm³/mol. The van der Waals surface area contributed by atoms with Gasteiger partial charge in [-0.25, -0.2) is 4.98 Å². The van der Waals surface area contributed by atoms with E-state index in [-0.39, 0.29) is 36.3 Å². The van der Waals surface area contributed by atoms with E-state index < -0.39 is 5.91 Å². The highest BCUT2D eigenvalue weighted by atomic mass is 127. The molecule has 2 heterocycles. The molecule has 0 spiro atoms. The molecule has 1 amide bonds. The van der Waals surface area contributed by atoms with Crippen LogP contribution in [0.5, 0.6) is 5.75 Å². The van der Waals surface area contributed by atoms with Crippen molar-refractivity contribution < 1.29 is 38.4 Å². The molecule has 8 heteroatoms. The minimum Gasteiger partial charge on any atom is -1.00 e. The Balaban J connectivity index is 0.00000225. The normalized spacial score (nSPS) is 10.4. The molecule has 2 aromatic heterocycles. The van der Waals surface area contributed by atoms with E-state index in [1.165, 1.54) is 0 Å². The van der Waals surface area contributed by atoms with Crippen LogP contribution in [-0.2, 0) is 11.3 Å². The van der Waals surface area contributed by atoms with Crippen molar-refractivity contribution in [2.75, 3.05) is 5.32 Å². The number of carbonyl (C=O) groups is 1. The van der Waals surface area contributed by atoms with Gasteiger partial charge in [-0.3, -0.25) is 9.20 Å². The van der Waals surface area contributed by atoms with E-state index in [1.54, 1.807) is 35.3 Å². The summed E-state index contributed by atoms with van der Waals surface area (Å²) >= 11 is 0. The molecule has 7 nitrogen and oxygen atoms in total. The fourth-order valence-corrected chi connectivity index (χ4v) is 2.95. The number of aromatic hydroxyl groups is 1. The van der Waals surface area contributed by atoms with Crippen LogP contribution in [0.25, 0.3) is 16.9 Å². The lowest BCUT2D eigenvalue weighted by atomic mass is 10.1. The smallest absolute Gasteiger partial charge is 0.283 e. The van der Waals surface area contributed by atoms with E-state index in [2.05, 4.69) is 10.3 Å². The first-order valence-electron chi connectivity index (χ1n) is 8.42. The molecule has 0 aliphatic rings. The molecule has 0 aliphatic heterocycles. The van der Waals surface area contributed by atoms with E-state index in [0.29, 0.717) is 22.7 Å². The van der Waals surface area contributed by atoms with Gasteiger partial charge in [-0.2, -0.15) is 4.57 Å². The first-order valence-corrected chi connectivity index (χ1v) is 8.42. The highest BCUT2D eigenvalue weighted by Crippen LogP contribution is 2.35. The van der Waals surface area contributed by atoms with Gasteiger partial charge in [0.2, 0.25) is 18.4 Å². The Morgan fingerprint density at radius 2 is 1.86 bits per heavy atom. The van der Waals surface area contributed by atoms with Crippen LogP contribution in [0.4, 0.5) is 11.5 Å². The summed E-state index contributed by atoms with van der Waals surface area (Å²) < 4.78 is 3.54. The van der Waals surface area contributed by atoms with Gasteiger partial charge in [0, 0.05) is 11.3 Å². The average Bonchev–Trinajstić information content (AvgIpc) is 3.00. The van der Waals surface area contributed by atoms with Gasteiger partial charge in [0.05, 0.1) is 6.20 Å². The van der Waals surface area contributed by atoms with Crippen LogP contribution in [0, 0.1) is 0 Å². The molecule has 0 atom stereocenters. The van der Waals surface area contributed by atoms with Crippen LogP contribution < -0.4 is 39.6 Å². The van der Waals surface area contributed by atoms with Gasteiger partial charge >= 0.3 is 0 Å². The fourth-order valence-electron chi connectivity index (χ4n) is 2.95. The minimum absolute atomic E-state index is 0. The number of phenols is 1. The third kappa shape index (κ3) is 3.91. The van der Waals surface area contributed by atoms with Crippen LogP contribution in [0.2, 0.25) is 0 Å². The van der Waals surface area contributed by atoms with Crippen molar-refractivity contribution in [3.8, 4) is 17.0 Å². The van der Waals surface area contributed by atoms with Crippen molar-refractivity contribution >= 4 is 23.1 Å². The summed E-state index contributed by atoms with van der Waals surface area (Å²) in [5.41, 5.74) is 8.02. The van der Waals surface area contributed by atoms with E-state index in [0.717, 1.165) is 5.69 Å². The number of fused-ring (bicyclic) bond motifs is 1. The molecule has 0 bridgehead atoms. The number of amides is 1. The lowest BCUT2D eigenvalue weighted by molar-refractivity contribution is -0.683. The van der Waals surface area contributed by atoms with E-state index in [4.69, 9.17) is 5.73 Å². The third-order valence-corrected chi connectivity index (χ3v) is 4.16. The van der Waals surface area contributed by atoms with E-state index in [1.807, 2.05) is 46.9 Å². The number of aromatic nitrogens is 3. The molecule has 2 aromatic carbocycles. The van der Waals surface area contributed by atoms with E-state index >= 15 is 0 Å². The molecule has 0 saturated carbocycles. The Labute approximate surface area is 178 Å². The number of carbonyl (C=O) groups excluding carboxylic acids is 1. The molecule has 28 heavy (non-hydrogen) atoms. The molecular weight excluding hydrogens is 469 g/mol. The number of imidazole rings is 1. The number of nitrogens with zero attached hydrogens (tertiary/aromatic N) is 3. The van der Waals surface area contributed by atoms with Gasteiger partial charge in [0.25, 0.3) is 5.91 Å². The zero-order valence-corrected chi connectivity index (χ0v) is 16.9. The Morgan fingerprint density at radius 1 is 1.14 bits per heavy atom. The Kier molecular flexibility index (Phi) is 5.78. The maximum atomic E-state index is 11.2. The Morgan fingerprint density at radius 3 is 2.57 bits per heavy atom. The number of nitrogens with two attached hydrogens (primary N) is 1. The first kappa shape index (κ1) is 19.6. The van der Waals surface area contributed by atoms with Crippen LogP contribution in [0.1, 0.15) is 0 Å². The number of phenolic OH excluding ortho intramolecular Hbond substituents is 1. The molecule has 0 unspecified atom stereocenters. The number of nitrogens with one attached hydrogen (secondary N) is 1. The molecule has 0 saturated heterocycles. The highest BCUT2D eigenvalue weighted by Gasteiger charge is 2.19. The van der Waals surface area contributed by atoms with Gasteiger partial charge in [-0.1, -0.05) is 30.3 Å². The van der Waals surface area contributed by atoms with Crippen LogP contribution in [0.3, 0.4) is 0 Å². The molecule has 4 N–H and O–H groups in total. The van der Waals surface area contributed by atoms with Crippen molar-refractivity contribution in [1.29, 1.82) is 0 Å². The van der Waals surface area contributed by atoms with Crippen molar-refractivity contribution in [3.63, 3.8) is 0 Å². The van der Waals surface area contributed by atoms with Crippen LogP contribution in [-0.4, -0.2) is 20.4 Å². The SMILES string of the molecule is NC(=O)C[n+]1ccn2c(Nc3ccccc3)c(-c3ccccc3O)nc2c1.[I-]. The molecule has 0 radical (unpaired) electrons. The maximum Gasteiger partial charge on any atom is 0.283 e. The van der Waals surface area contributed by atoms with Gasteiger partial charge in [-0.15, -0.1) is 0 Å². The van der Waals surface area contributed by atoms with Crippen LogP contribution in [0.15, 0.2) is 73.2 Å². The zero-order chi connectivity index (χ0) is 18.8. The van der Waals surface area contributed by atoms with Crippen molar-refractivity contribution in [2.45, 2.75) is 6.54 Å². The number of anilines is 2. The lowest BCUT2D eigenvalue weighted by Gasteiger charge is -2.09. The number of benzene rings is 2. The molecule has 142 valence electrons. The second-order valence-electron chi connectivity index (χ2n) is 6.11. The van der Waals surface area contributed by atoms with Gasteiger partial charge in [0.1, 0.15) is 17.3 Å². The van der Waals surface area contributed by atoms with Crippen molar-refractivity contribution in [2.24, 2.45) is 5.73 Å². The van der Waals surface area contributed by atoms with Gasteiger partial charge in [0.15, 0.2) is 6.20 Å². The first-order chi connectivity index (χ1) is 13.1. The quantitative estimate of drug-likeness (QED) is 0.255. The monoisotopic (exact) mass is 487 g/mol. The summed E-state index contributed by atoms with van der Waals surface area (Å²) in [6.07, 6.45) is 5.30. The standard InChI is InChI=1S/C20H17N5O2.HI/c21-17(27)12-24-10-11-25-18(13-24)23-19(15-8-4-5-9-16(15)26)20(25)22-14-6-2-1-3-7-14;/h1-11,13H,12H2,(H3,21,23,26,27);1H. The zero-order valence-electron chi connectivity index (χ0n) is 14.8. The number of para-hydroxylation sites is 2. The summed E-state index contributed by atoms with van der Waals surface area (Å²) in [6.45, 7) is 0.0662. The number of primary amides is 1. The van der Waals surface area contributed by atoms with Crippen molar-refractivity contribution in [3.05, 3.63) is 73.2 Å². The van der Waals surface area contributed by atoms with Gasteiger partial charge < -0.3 is 40.1 Å². The highest BCUT2D eigenvalue weighted by molar-refractivity contribution is 5.82. The minimum atomic E-state index is -0.431. The molecular formula is C20H18IN5O2. The number of rotatable bonds is 5.